The Hall–Kier alpha value is -2.64. The molecule has 0 aromatic carbocycles. The van der Waals surface area contributed by atoms with Gasteiger partial charge in [0.2, 0.25) is 5.89 Å². The summed E-state index contributed by atoms with van der Waals surface area (Å²) in [5, 5.41) is 5.60. The van der Waals surface area contributed by atoms with Crippen molar-refractivity contribution in [1.29, 1.82) is 0 Å². The number of nitrogens with zero attached hydrogens (tertiary/aromatic N) is 3. The van der Waals surface area contributed by atoms with E-state index in [1.54, 1.807) is 12.3 Å². The molecule has 1 aliphatic heterocycles. The van der Waals surface area contributed by atoms with Crippen LogP contribution in [-0.2, 0) is 6.54 Å². The summed E-state index contributed by atoms with van der Waals surface area (Å²) >= 11 is 0. The normalized spacial score (nSPS) is 17.1. The molecule has 2 amide bonds. The second-order valence-corrected chi connectivity index (χ2v) is 5.82. The van der Waals surface area contributed by atoms with Gasteiger partial charge in [0.05, 0.1) is 12.2 Å². The van der Waals surface area contributed by atoms with Gasteiger partial charge in [-0.25, -0.2) is 19.2 Å². The number of oxazole rings is 1. The molecular weight excluding hydrogens is 313 g/mol. The minimum absolute atomic E-state index is 0.0561. The standard InChI is InChI=1S/C16H20FN5O2/c1-10-11(2)24-14(20-10)8-19-16(23)21-12-5-7-22(9-12)15-13(17)4-3-6-18-15/h3-4,6,12H,5,7-9H2,1-2H3,(H2,19,21,23)/t12-/m0/s1. The van der Waals surface area contributed by atoms with E-state index in [0.29, 0.717) is 24.8 Å². The summed E-state index contributed by atoms with van der Waals surface area (Å²) < 4.78 is 19.2. The Kier molecular flexibility index (Phi) is 4.64. The Balaban J connectivity index is 1.48. The first kappa shape index (κ1) is 16.2. The average molecular weight is 333 g/mol. The fraction of sp³-hybridized carbons (Fsp3) is 0.438. The van der Waals surface area contributed by atoms with Crippen LogP contribution >= 0.6 is 0 Å². The quantitative estimate of drug-likeness (QED) is 0.893. The van der Waals surface area contributed by atoms with E-state index in [4.69, 9.17) is 4.42 Å². The van der Waals surface area contributed by atoms with E-state index in [1.165, 1.54) is 6.07 Å². The molecule has 128 valence electrons. The van der Waals surface area contributed by atoms with Crippen molar-refractivity contribution in [3.8, 4) is 0 Å². The number of anilines is 1. The molecule has 24 heavy (non-hydrogen) atoms. The number of nitrogens with one attached hydrogen (secondary N) is 2. The SMILES string of the molecule is Cc1nc(CNC(=O)N[C@H]2CCN(c3ncccc3F)C2)oc1C. The number of carbonyl (C=O) groups is 1. The van der Waals surface area contributed by atoms with Gasteiger partial charge in [0.25, 0.3) is 0 Å². The third kappa shape index (κ3) is 3.64. The number of hydrogen-bond acceptors (Lipinski definition) is 5. The summed E-state index contributed by atoms with van der Waals surface area (Å²) in [4.78, 5) is 22.1. The van der Waals surface area contributed by atoms with Crippen LogP contribution in [-0.4, -0.2) is 35.1 Å². The van der Waals surface area contributed by atoms with Gasteiger partial charge in [0.15, 0.2) is 11.6 Å². The highest BCUT2D eigenvalue weighted by atomic mass is 19.1. The van der Waals surface area contributed by atoms with Gasteiger partial charge in [-0.2, -0.15) is 0 Å². The lowest BCUT2D eigenvalue weighted by atomic mass is 10.3. The maximum absolute atomic E-state index is 13.8. The van der Waals surface area contributed by atoms with Crippen LogP contribution in [0.15, 0.2) is 22.7 Å². The van der Waals surface area contributed by atoms with Gasteiger partial charge in [0.1, 0.15) is 5.76 Å². The second-order valence-electron chi connectivity index (χ2n) is 5.82. The Morgan fingerprint density at radius 2 is 2.33 bits per heavy atom. The molecule has 7 nitrogen and oxygen atoms in total. The molecule has 3 rings (SSSR count). The molecule has 0 radical (unpaired) electrons. The first-order valence-corrected chi connectivity index (χ1v) is 7.85. The largest absolute Gasteiger partial charge is 0.444 e. The maximum atomic E-state index is 13.8. The Labute approximate surface area is 139 Å². The first-order chi connectivity index (χ1) is 11.5. The van der Waals surface area contributed by atoms with Crippen LogP contribution in [0.3, 0.4) is 0 Å². The van der Waals surface area contributed by atoms with Gasteiger partial charge in [-0.15, -0.1) is 0 Å². The number of aryl methyl sites for hydroxylation is 2. The molecule has 0 saturated carbocycles. The third-order valence-corrected chi connectivity index (χ3v) is 4.04. The molecular formula is C16H20FN5O2. The van der Waals surface area contributed by atoms with Gasteiger partial charge in [-0.05, 0) is 32.4 Å². The number of halogens is 1. The van der Waals surface area contributed by atoms with E-state index in [0.717, 1.165) is 17.9 Å². The molecule has 2 N–H and O–H groups in total. The van der Waals surface area contributed by atoms with E-state index in [9.17, 15) is 9.18 Å². The van der Waals surface area contributed by atoms with Crippen LogP contribution < -0.4 is 15.5 Å². The highest BCUT2D eigenvalue weighted by Gasteiger charge is 2.26. The molecule has 1 aliphatic rings. The molecule has 1 saturated heterocycles. The molecule has 1 fully saturated rings. The smallest absolute Gasteiger partial charge is 0.315 e. The number of aromatic nitrogens is 2. The number of rotatable bonds is 4. The number of pyridine rings is 1. The summed E-state index contributed by atoms with van der Waals surface area (Å²) in [5.74, 6) is 1.20. The van der Waals surface area contributed by atoms with E-state index in [2.05, 4.69) is 20.6 Å². The summed E-state index contributed by atoms with van der Waals surface area (Å²) in [5.41, 5.74) is 0.816. The van der Waals surface area contributed by atoms with E-state index < -0.39 is 0 Å². The average Bonchev–Trinajstić information content (AvgIpc) is 3.13. The van der Waals surface area contributed by atoms with Crippen molar-refractivity contribution in [3.63, 3.8) is 0 Å². The minimum atomic E-state index is -0.350. The predicted molar refractivity (Wildman–Crippen MR) is 86.2 cm³/mol. The van der Waals surface area contributed by atoms with Crippen LogP contribution in [0, 0.1) is 19.7 Å². The monoisotopic (exact) mass is 333 g/mol. The molecule has 8 heteroatoms. The number of urea groups is 1. The van der Waals surface area contributed by atoms with E-state index >= 15 is 0 Å². The zero-order chi connectivity index (χ0) is 17.1. The van der Waals surface area contributed by atoms with Gasteiger partial charge in [-0.1, -0.05) is 0 Å². The number of hydrogen-bond donors (Lipinski definition) is 2. The Bertz CT molecular complexity index is 714. The molecule has 0 unspecified atom stereocenters. The van der Waals surface area contributed by atoms with Crippen molar-refractivity contribution in [2.45, 2.75) is 32.9 Å². The van der Waals surface area contributed by atoms with E-state index in [1.807, 2.05) is 18.7 Å². The molecule has 0 aliphatic carbocycles. The summed E-state index contributed by atoms with van der Waals surface area (Å²) in [7, 11) is 0. The molecule has 0 spiro atoms. The zero-order valence-corrected chi connectivity index (χ0v) is 13.7. The Morgan fingerprint density at radius 1 is 1.50 bits per heavy atom. The molecule has 2 aromatic heterocycles. The molecule has 1 atom stereocenters. The lowest BCUT2D eigenvalue weighted by Gasteiger charge is -2.18. The topological polar surface area (TPSA) is 83.3 Å². The first-order valence-electron chi connectivity index (χ1n) is 7.85. The number of carbonyl (C=O) groups excluding carboxylic acids is 1. The summed E-state index contributed by atoms with van der Waals surface area (Å²) in [6.07, 6.45) is 2.30. The van der Waals surface area contributed by atoms with Crippen molar-refractivity contribution in [1.82, 2.24) is 20.6 Å². The zero-order valence-electron chi connectivity index (χ0n) is 13.7. The summed E-state index contributed by atoms with van der Waals surface area (Å²) in [6.45, 7) is 5.09. The third-order valence-electron chi connectivity index (χ3n) is 4.04. The van der Waals surface area contributed by atoms with Crippen LogP contribution in [0.5, 0.6) is 0 Å². The summed E-state index contributed by atoms with van der Waals surface area (Å²) in [6, 6.07) is 2.59. The predicted octanol–water partition coefficient (Wildman–Crippen LogP) is 1.90. The lowest BCUT2D eigenvalue weighted by Crippen LogP contribution is -2.43. The van der Waals surface area contributed by atoms with Gasteiger partial charge < -0.3 is 20.0 Å². The minimum Gasteiger partial charge on any atom is -0.444 e. The van der Waals surface area contributed by atoms with Crippen molar-refractivity contribution in [2.75, 3.05) is 18.0 Å². The fourth-order valence-electron chi connectivity index (χ4n) is 2.69. The number of amides is 2. The highest BCUT2D eigenvalue weighted by molar-refractivity contribution is 5.74. The van der Waals surface area contributed by atoms with Gasteiger partial charge in [0, 0.05) is 25.3 Å². The van der Waals surface area contributed by atoms with Gasteiger partial charge >= 0.3 is 6.03 Å². The van der Waals surface area contributed by atoms with Crippen molar-refractivity contribution < 1.29 is 13.6 Å². The lowest BCUT2D eigenvalue weighted by molar-refractivity contribution is 0.236. The van der Waals surface area contributed by atoms with Crippen LogP contribution in [0.4, 0.5) is 15.0 Å². The second kappa shape index (κ2) is 6.86. The molecule has 0 bridgehead atoms. The van der Waals surface area contributed by atoms with Crippen molar-refractivity contribution in [3.05, 3.63) is 41.5 Å². The molecule has 3 heterocycles. The van der Waals surface area contributed by atoms with Crippen molar-refractivity contribution in [2.24, 2.45) is 0 Å². The van der Waals surface area contributed by atoms with Crippen LogP contribution in [0.25, 0.3) is 0 Å². The fourth-order valence-corrected chi connectivity index (χ4v) is 2.69. The van der Waals surface area contributed by atoms with Crippen LogP contribution in [0.1, 0.15) is 23.8 Å². The van der Waals surface area contributed by atoms with E-state index in [-0.39, 0.29) is 24.4 Å². The van der Waals surface area contributed by atoms with Gasteiger partial charge in [-0.3, -0.25) is 0 Å². The van der Waals surface area contributed by atoms with Crippen LogP contribution in [0.2, 0.25) is 0 Å². The Morgan fingerprint density at radius 3 is 3.04 bits per heavy atom. The maximum Gasteiger partial charge on any atom is 0.315 e. The molecule has 2 aromatic rings. The van der Waals surface area contributed by atoms with Crippen molar-refractivity contribution >= 4 is 11.8 Å². The highest BCUT2D eigenvalue weighted by Crippen LogP contribution is 2.20.